The van der Waals surface area contributed by atoms with Gasteiger partial charge in [-0.2, -0.15) is 0 Å². The zero-order valence-electron chi connectivity index (χ0n) is 21.3. The van der Waals surface area contributed by atoms with Gasteiger partial charge >= 0.3 is 0 Å². The van der Waals surface area contributed by atoms with Crippen molar-refractivity contribution < 1.29 is 13.9 Å². The Morgan fingerprint density at radius 1 is 1.11 bits per heavy atom. The van der Waals surface area contributed by atoms with E-state index in [9.17, 15) is 0 Å². The summed E-state index contributed by atoms with van der Waals surface area (Å²) in [5.41, 5.74) is 14.8. The number of hydrogen-bond acceptors (Lipinski definition) is 7. The van der Waals surface area contributed by atoms with Gasteiger partial charge in [-0.05, 0) is 75.3 Å². The topological polar surface area (TPSA) is 114 Å². The van der Waals surface area contributed by atoms with Gasteiger partial charge in [0.15, 0.2) is 5.79 Å². The maximum absolute atomic E-state index is 15.1. The molecule has 4 heterocycles. The maximum Gasteiger partial charge on any atom is 0.163 e. The molecule has 0 unspecified atom stereocenters. The first-order valence-corrected chi connectivity index (χ1v) is 12.8. The van der Waals surface area contributed by atoms with Crippen molar-refractivity contribution in [3.8, 4) is 0 Å². The first kappa shape index (κ1) is 24.3. The molecule has 0 radical (unpaired) electrons. The van der Waals surface area contributed by atoms with Crippen molar-refractivity contribution in [3.63, 3.8) is 0 Å². The van der Waals surface area contributed by atoms with Crippen LogP contribution in [0.1, 0.15) is 50.9 Å². The highest BCUT2D eigenvalue weighted by Gasteiger charge is 2.60. The number of benzene rings is 1. The van der Waals surface area contributed by atoms with Crippen molar-refractivity contribution in [2.75, 3.05) is 11.5 Å². The lowest BCUT2D eigenvalue weighted by molar-refractivity contribution is -0.168. The van der Waals surface area contributed by atoms with Crippen LogP contribution in [0.2, 0.25) is 5.02 Å². The second-order valence-corrected chi connectivity index (χ2v) is 11.5. The van der Waals surface area contributed by atoms with Gasteiger partial charge in [0.05, 0.1) is 28.1 Å². The van der Waals surface area contributed by atoms with Crippen LogP contribution in [-0.2, 0) is 15.9 Å². The molecule has 4 aromatic rings. The molecule has 1 aliphatic carbocycles. The van der Waals surface area contributed by atoms with Crippen LogP contribution in [0.3, 0.4) is 0 Å². The zero-order chi connectivity index (χ0) is 26.3. The number of aryl methyl sites for hydroxylation is 2. The molecule has 2 fully saturated rings. The number of ether oxygens (including phenoxy) is 2. The first-order chi connectivity index (χ1) is 17.5. The molecule has 4 atom stereocenters. The van der Waals surface area contributed by atoms with Crippen LogP contribution >= 0.6 is 11.6 Å². The molecule has 4 N–H and O–H groups in total. The molecular weight excluding hydrogens is 495 g/mol. The van der Waals surface area contributed by atoms with E-state index in [1.807, 2.05) is 26.8 Å². The number of nitrogens with zero attached hydrogens (tertiary/aromatic N) is 4. The number of rotatable bonds is 4. The van der Waals surface area contributed by atoms with E-state index < -0.39 is 5.79 Å². The molecule has 0 spiro atoms. The van der Waals surface area contributed by atoms with Crippen LogP contribution < -0.4 is 11.5 Å². The molecule has 2 aliphatic rings. The lowest BCUT2D eigenvalue weighted by Gasteiger charge is -2.32. The summed E-state index contributed by atoms with van der Waals surface area (Å²) in [6.45, 7) is 8.12. The fourth-order valence-electron chi connectivity index (χ4n) is 6.23. The summed E-state index contributed by atoms with van der Waals surface area (Å²) in [5, 5.41) is 1.77. The Hall–Kier alpha value is -3.01. The third-order valence-corrected chi connectivity index (χ3v) is 8.29. The number of hydrogen-bond donors (Lipinski definition) is 2. The average Bonchev–Trinajstić information content (AvgIpc) is 3.42. The van der Waals surface area contributed by atoms with E-state index in [2.05, 4.69) is 26.4 Å². The minimum Gasteiger partial charge on any atom is -0.383 e. The largest absolute Gasteiger partial charge is 0.383 e. The minimum absolute atomic E-state index is 0.0198. The monoisotopic (exact) mass is 524 g/mol. The number of nitrogen functional groups attached to an aromatic ring is 2. The van der Waals surface area contributed by atoms with Crippen LogP contribution in [0.5, 0.6) is 0 Å². The van der Waals surface area contributed by atoms with E-state index in [0.29, 0.717) is 40.1 Å². The Morgan fingerprint density at radius 2 is 1.89 bits per heavy atom. The Bertz CT molecular complexity index is 1560. The number of nitrogens with two attached hydrogens (primary N) is 2. The number of aromatic nitrogens is 4. The SMILES string of the molecule is Cc1cc2c(N)ncnc2n1[C@@H]1C[C@](C)(CCc2cc3nc(N)c(Cl)cc3cc2F)[C@H]2OC(C)(C)O[C@@H]12. The Kier molecular flexibility index (Phi) is 5.42. The van der Waals surface area contributed by atoms with Gasteiger partial charge in [-0.25, -0.2) is 19.3 Å². The molecule has 1 saturated heterocycles. The van der Waals surface area contributed by atoms with E-state index in [1.165, 1.54) is 12.4 Å². The average molecular weight is 525 g/mol. The first-order valence-electron chi connectivity index (χ1n) is 12.4. The van der Waals surface area contributed by atoms with Gasteiger partial charge < -0.3 is 25.5 Å². The summed E-state index contributed by atoms with van der Waals surface area (Å²) in [5.74, 6) is -0.323. The molecule has 0 bridgehead atoms. The standard InChI is InChI=1S/C27H30ClFN6O2/c1-13-7-16-23(30)32-12-33-25(16)35(13)20-11-27(4,22-21(20)36-26(2,3)37-22)6-5-14-10-19-15(9-18(14)29)8-17(28)24(31)34-19/h7-10,12,20-22H,5-6,11H2,1-4H3,(H2,31,34)(H2,30,32,33)/t20-,21+,22+,27+/m1/s1. The smallest absolute Gasteiger partial charge is 0.163 e. The second kappa shape index (κ2) is 8.24. The summed E-state index contributed by atoms with van der Waals surface area (Å²) >= 11 is 6.08. The Morgan fingerprint density at radius 3 is 2.68 bits per heavy atom. The molecule has 3 aromatic heterocycles. The summed E-state index contributed by atoms with van der Waals surface area (Å²) in [7, 11) is 0. The van der Waals surface area contributed by atoms with Gasteiger partial charge in [0.25, 0.3) is 0 Å². The van der Waals surface area contributed by atoms with Crippen molar-refractivity contribution in [1.82, 2.24) is 19.5 Å². The van der Waals surface area contributed by atoms with Crippen molar-refractivity contribution in [2.45, 2.75) is 71.0 Å². The summed E-state index contributed by atoms with van der Waals surface area (Å²) in [6.07, 6.45) is 3.14. The maximum atomic E-state index is 15.1. The van der Waals surface area contributed by atoms with Crippen LogP contribution in [0.4, 0.5) is 16.0 Å². The van der Waals surface area contributed by atoms with Gasteiger partial charge in [0.2, 0.25) is 0 Å². The van der Waals surface area contributed by atoms with E-state index in [-0.39, 0.29) is 35.3 Å². The predicted molar refractivity (Wildman–Crippen MR) is 142 cm³/mol. The van der Waals surface area contributed by atoms with Crippen LogP contribution in [0.25, 0.3) is 21.9 Å². The van der Waals surface area contributed by atoms with E-state index in [1.54, 1.807) is 12.1 Å². The zero-order valence-corrected chi connectivity index (χ0v) is 22.0. The number of fused-ring (bicyclic) bond motifs is 3. The van der Waals surface area contributed by atoms with Crippen LogP contribution in [0, 0.1) is 18.2 Å². The number of anilines is 2. The third-order valence-electron chi connectivity index (χ3n) is 7.99. The normalized spacial score (nSPS) is 26.8. The van der Waals surface area contributed by atoms with E-state index >= 15 is 4.39 Å². The fourth-order valence-corrected chi connectivity index (χ4v) is 6.39. The minimum atomic E-state index is -0.727. The molecule has 194 valence electrons. The third kappa shape index (κ3) is 3.91. The molecule has 1 aromatic carbocycles. The molecule has 10 heteroatoms. The summed E-state index contributed by atoms with van der Waals surface area (Å²) in [6, 6.07) is 6.89. The van der Waals surface area contributed by atoms with Gasteiger partial charge in [-0.1, -0.05) is 18.5 Å². The fraction of sp³-hybridized carbons (Fsp3) is 0.444. The molecule has 1 aliphatic heterocycles. The molecule has 37 heavy (non-hydrogen) atoms. The molecular formula is C27H30ClFN6O2. The van der Waals surface area contributed by atoms with Crippen LogP contribution in [0.15, 0.2) is 30.6 Å². The Balaban J connectivity index is 1.35. The lowest BCUT2D eigenvalue weighted by atomic mass is 9.80. The highest BCUT2D eigenvalue weighted by molar-refractivity contribution is 6.33. The summed E-state index contributed by atoms with van der Waals surface area (Å²) in [4.78, 5) is 13.1. The van der Waals surface area contributed by atoms with Crippen molar-refractivity contribution >= 4 is 45.2 Å². The highest BCUT2D eigenvalue weighted by atomic mass is 35.5. The van der Waals surface area contributed by atoms with Crippen molar-refractivity contribution in [2.24, 2.45) is 5.41 Å². The predicted octanol–water partition coefficient (Wildman–Crippen LogP) is 5.35. The lowest BCUT2D eigenvalue weighted by Crippen LogP contribution is -2.34. The van der Waals surface area contributed by atoms with Gasteiger partial charge in [0.1, 0.15) is 35.5 Å². The quantitative estimate of drug-likeness (QED) is 0.370. The molecule has 1 saturated carbocycles. The number of halogens is 2. The molecule has 6 rings (SSSR count). The van der Waals surface area contributed by atoms with Crippen LogP contribution in [-0.4, -0.2) is 37.5 Å². The second-order valence-electron chi connectivity index (χ2n) is 11.1. The number of pyridine rings is 1. The summed E-state index contributed by atoms with van der Waals surface area (Å²) < 4.78 is 30.3. The van der Waals surface area contributed by atoms with Crippen molar-refractivity contribution in [3.05, 3.63) is 52.7 Å². The van der Waals surface area contributed by atoms with Gasteiger partial charge in [-0.3, -0.25) is 0 Å². The van der Waals surface area contributed by atoms with Gasteiger partial charge in [0, 0.05) is 11.1 Å². The Labute approximate surface area is 219 Å². The van der Waals surface area contributed by atoms with Gasteiger partial charge in [-0.15, -0.1) is 0 Å². The highest BCUT2D eigenvalue weighted by Crippen LogP contribution is 2.56. The van der Waals surface area contributed by atoms with E-state index in [0.717, 1.165) is 23.1 Å². The van der Waals surface area contributed by atoms with Crippen molar-refractivity contribution in [1.29, 1.82) is 0 Å². The molecule has 0 amide bonds. The molecule has 8 nitrogen and oxygen atoms in total. The van der Waals surface area contributed by atoms with E-state index in [4.69, 9.17) is 32.5 Å².